The lowest BCUT2D eigenvalue weighted by molar-refractivity contribution is 0.648. The van der Waals surface area contributed by atoms with Crippen molar-refractivity contribution in [2.75, 3.05) is 9.71 Å². The van der Waals surface area contributed by atoms with E-state index in [1.807, 2.05) is 0 Å². The molecule has 4 aliphatic rings. The van der Waals surface area contributed by atoms with Crippen molar-refractivity contribution in [3.8, 4) is 33.4 Å². The molecule has 1 aromatic heterocycles. The Morgan fingerprint density at radius 2 is 1.16 bits per heavy atom. The van der Waals surface area contributed by atoms with Gasteiger partial charge in [0, 0.05) is 39.0 Å². The van der Waals surface area contributed by atoms with Crippen LogP contribution in [0.25, 0.3) is 44.3 Å². The Hall–Kier alpha value is -7.82. The van der Waals surface area contributed by atoms with Crippen LogP contribution in [-0.2, 0) is 17.3 Å². The first-order valence-corrected chi connectivity index (χ1v) is 24.4. The minimum Gasteiger partial charge on any atom is -0.466 e. The zero-order valence-corrected chi connectivity index (χ0v) is 38.6. The molecule has 0 fully saturated rings. The molecule has 0 N–H and O–H groups in total. The van der Waals surface area contributed by atoms with E-state index in [0.29, 0.717) is 0 Å². The van der Waals surface area contributed by atoms with E-state index >= 15 is 0 Å². The van der Waals surface area contributed by atoms with Gasteiger partial charge >= 0.3 is 6.85 Å². The number of nitrogens with zero attached hydrogens (tertiary/aromatic N) is 2. The highest BCUT2D eigenvalue weighted by molar-refractivity contribution is 6.93. The largest absolute Gasteiger partial charge is 0.466 e. The van der Waals surface area contributed by atoms with E-state index in [4.69, 9.17) is 4.42 Å². The Labute approximate surface area is 399 Å². The predicted octanol–water partition coefficient (Wildman–Crippen LogP) is 15.2. The van der Waals surface area contributed by atoms with Crippen LogP contribution in [0, 0.1) is 0 Å². The van der Waals surface area contributed by atoms with Crippen LogP contribution in [0.1, 0.15) is 72.6 Å². The van der Waals surface area contributed by atoms with Crippen LogP contribution in [0.3, 0.4) is 0 Å². The number of hydrogen-bond donors (Lipinski definition) is 0. The maximum atomic E-state index is 7.51. The summed E-state index contributed by atoms with van der Waals surface area (Å²) in [6, 6.07) is 77.5. The molecule has 0 amide bonds. The SMILES string of the molecule is CCCCc1ccc(N2c3cc4c(c5c3B(c3oc6ccccc6c32)N2c3ccccc3C(c3ccccc3)(c3ccccc3)c3cccc-5c32)C(C)(C)c2ccccc2-4)c(-c2ccccc2)c1. The van der Waals surface area contributed by atoms with Crippen molar-refractivity contribution in [3.05, 3.63) is 245 Å². The molecule has 9 aromatic carbocycles. The van der Waals surface area contributed by atoms with Gasteiger partial charge in [0.1, 0.15) is 11.2 Å². The topological polar surface area (TPSA) is 19.6 Å². The molecular formula is C64H49BN2O. The molecule has 0 spiro atoms. The number of anilines is 5. The Balaban J connectivity index is 1.18. The van der Waals surface area contributed by atoms with E-state index in [9.17, 15) is 0 Å². The summed E-state index contributed by atoms with van der Waals surface area (Å²) in [5.74, 6) is 0. The summed E-state index contributed by atoms with van der Waals surface area (Å²) in [7, 11) is 0. The van der Waals surface area contributed by atoms with Crippen molar-refractivity contribution in [1.29, 1.82) is 0 Å². The second-order valence-corrected chi connectivity index (χ2v) is 19.7. The molecule has 68 heavy (non-hydrogen) atoms. The van der Waals surface area contributed by atoms with Crippen molar-refractivity contribution >= 4 is 57.4 Å². The molecule has 0 bridgehead atoms. The van der Waals surface area contributed by atoms with Gasteiger partial charge in [-0.2, -0.15) is 0 Å². The minimum atomic E-state index is -0.612. The average molecular weight is 873 g/mol. The van der Waals surface area contributed by atoms with Crippen molar-refractivity contribution in [3.63, 3.8) is 0 Å². The molecule has 0 saturated heterocycles. The summed E-state index contributed by atoms with van der Waals surface area (Å²) in [6.07, 6.45) is 3.34. The maximum Gasteiger partial charge on any atom is 0.375 e. The van der Waals surface area contributed by atoms with Crippen LogP contribution in [-0.4, -0.2) is 6.85 Å². The molecule has 0 radical (unpaired) electrons. The molecule has 4 heteroatoms. The van der Waals surface area contributed by atoms with Crippen molar-refractivity contribution in [2.45, 2.75) is 50.9 Å². The quantitative estimate of drug-likeness (QED) is 0.149. The van der Waals surface area contributed by atoms with Crippen molar-refractivity contribution in [2.24, 2.45) is 0 Å². The van der Waals surface area contributed by atoms with Gasteiger partial charge in [0.25, 0.3) is 0 Å². The molecular weight excluding hydrogens is 824 g/mol. The molecule has 0 saturated carbocycles. The molecule has 4 heterocycles. The van der Waals surface area contributed by atoms with Crippen molar-refractivity contribution < 1.29 is 4.42 Å². The summed E-state index contributed by atoms with van der Waals surface area (Å²) in [4.78, 5) is 5.28. The standard InChI is InChI=1S/C64H49BN2O/c1-4-5-22-41-37-38-53(48(39-41)42-23-9-6-10-24-42)66-55-40-49-45-29-15-17-32-50(45)63(2,3)58(49)57-47-31-21-34-52-60(47)67(65(59(55)57)62-61(66)46-30-16-20-36-56(46)68-62)54-35-19-18-33-51(54)64(52,43-25-11-7-12-26-43)44-27-13-8-14-28-44/h6-21,23-40H,4-5,22H2,1-3H3. The molecule has 3 aliphatic heterocycles. The Morgan fingerprint density at radius 1 is 0.515 bits per heavy atom. The predicted molar refractivity (Wildman–Crippen MR) is 283 cm³/mol. The number of rotatable bonds is 7. The van der Waals surface area contributed by atoms with E-state index in [2.05, 4.69) is 237 Å². The maximum absolute atomic E-state index is 7.51. The number of furan rings is 1. The monoisotopic (exact) mass is 872 g/mol. The zero-order chi connectivity index (χ0) is 45.3. The Morgan fingerprint density at radius 3 is 1.93 bits per heavy atom. The summed E-state index contributed by atoms with van der Waals surface area (Å²) >= 11 is 0. The molecule has 0 atom stereocenters. The number of unbranched alkanes of at least 4 members (excludes halogenated alkanes) is 1. The average Bonchev–Trinajstić information content (AvgIpc) is 3.89. The van der Waals surface area contributed by atoms with Crippen LogP contribution in [0.2, 0.25) is 0 Å². The number of benzene rings is 9. The fourth-order valence-corrected chi connectivity index (χ4v) is 13.1. The van der Waals surface area contributed by atoms with E-state index in [1.165, 1.54) is 94.8 Å². The third-order valence-corrected chi connectivity index (χ3v) is 15.8. The first-order chi connectivity index (χ1) is 33.5. The Bertz CT molecular complexity index is 3630. The fourth-order valence-electron chi connectivity index (χ4n) is 13.1. The van der Waals surface area contributed by atoms with Crippen LogP contribution in [0.5, 0.6) is 0 Å². The highest BCUT2D eigenvalue weighted by atomic mass is 16.3. The van der Waals surface area contributed by atoms with Crippen LogP contribution in [0.4, 0.5) is 28.4 Å². The normalized spacial score (nSPS) is 15.0. The third-order valence-electron chi connectivity index (χ3n) is 15.8. The zero-order valence-electron chi connectivity index (χ0n) is 38.6. The first-order valence-electron chi connectivity index (χ1n) is 24.4. The van der Waals surface area contributed by atoms with E-state index < -0.39 is 5.41 Å². The highest BCUT2D eigenvalue weighted by Gasteiger charge is 2.57. The third kappa shape index (κ3) is 5.15. The lowest BCUT2D eigenvalue weighted by Crippen LogP contribution is -2.63. The molecule has 3 nitrogen and oxygen atoms in total. The molecule has 10 aromatic rings. The van der Waals surface area contributed by atoms with Crippen LogP contribution < -0.4 is 20.8 Å². The van der Waals surface area contributed by atoms with E-state index in [0.717, 1.165) is 47.3 Å². The number of para-hydroxylation sites is 3. The van der Waals surface area contributed by atoms with Gasteiger partial charge in [0.15, 0.2) is 0 Å². The second kappa shape index (κ2) is 14.6. The lowest BCUT2D eigenvalue weighted by atomic mass is 9.43. The van der Waals surface area contributed by atoms with Gasteiger partial charge in [-0.1, -0.05) is 197 Å². The molecule has 14 rings (SSSR count). The summed E-state index contributed by atoms with van der Waals surface area (Å²) < 4.78 is 7.51. The van der Waals surface area contributed by atoms with Gasteiger partial charge in [0.2, 0.25) is 0 Å². The van der Waals surface area contributed by atoms with Gasteiger partial charge < -0.3 is 14.1 Å². The number of aryl methyl sites for hydroxylation is 1. The van der Waals surface area contributed by atoms with Gasteiger partial charge in [-0.05, 0) is 116 Å². The van der Waals surface area contributed by atoms with Gasteiger partial charge in [-0.3, -0.25) is 0 Å². The summed E-state index contributed by atoms with van der Waals surface area (Å²) in [5.41, 5.74) is 24.9. The van der Waals surface area contributed by atoms with Crippen LogP contribution in [0.15, 0.2) is 211 Å². The lowest BCUT2D eigenvalue weighted by Gasteiger charge is -2.52. The van der Waals surface area contributed by atoms with Gasteiger partial charge in [-0.25, -0.2) is 0 Å². The summed E-state index contributed by atoms with van der Waals surface area (Å²) in [6.45, 7) is 6.89. The molecule has 324 valence electrons. The van der Waals surface area contributed by atoms with E-state index in [-0.39, 0.29) is 12.3 Å². The first kappa shape index (κ1) is 39.4. The van der Waals surface area contributed by atoms with Gasteiger partial charge in [-0.15, -0.1) is 0 Å². The Kier molecular flexibility index (Phi) is 8.45. The fraction of sp³-hybridized carbons (Fsp3) is 0.125. The number of hydrogen-bond acceptors (Lipinski definition) is 3. The number of fused-ring (bicyclic) bond motifs is 12. The smallest absolute Gasteiger partial charge is 0.375 e. The second-order valence-electron chi connectivity index (χ2n) is 19.7. The molecule has 1 aliphatic carbocycles. The minimum absolute atomic E-state index is 0.285. The van der Waals surface area contributed by atoms with E-state index in [1.54, 1.807) is 0 Å². The van der Waals surface area contributed by atoms with Crippen molar-refractivity contribution in [1.82, 2.24) is 0 Å². The molecule has 0 unspecified atom stereocenters. The van der Waals surface area contributed by atoms with Crippen LogP contribution >= 0.6 is 0 Å². The van der Waals surface area contributed by atoms with Gasteiger partial charge in [0.05, 0.1) is 16.8 Å². The summed E-state index contributed by atoms with van der Waals surface area (Å²) in [5, 5.41) is 1.11. The highest BCUT2D eigenvalue weighted by Crippen LogP contribution is 2.63.